The minimum Gasteiger partial charge on any atom is -0.480 e. The molecule has 0 aromatic heterocycles. The average molecular weight is 658 g/mol. The standard InChI is InChI=1S/C16H29NO5.C12H22O11/c1-2-3-4-5-6-7-8-9-13(19)12-15(20)17-14(10-11-18)16(21)22;13-1-3-5(15)6(16)9(19)12(22-3)23-10-4(2-14)21-11(20)8(18)7(10)17/h14,18H,2-12H2,1H3,(H,17,20)(H,21,22);3-20H,1-2H2/t;3-,4-,5+,6+,7-,8-,9-,10-,11-,12+/m.1/s1. The van der Waals surface area contributed by atoms with Gasteiger partial charge in [0.1, 0.15) is 60.7 Å². The maximum Gasteiger partial charge on any atom is 0.326 e. The number of unbranched alkanes of at least 4 members (excludes halogenated alkanes) is 6. The number of ketones is 1. The fraction of sp³-hybridized carbons (Fsp3) is 0.893. The van der Waals surface area contributed by atoms with Crippen molar-refractivity contribution < 1.29 is 79.7 Å². The topological polar surface area (TPSA) is 293 Å². The number of ether oxygens (including phenoxy) is 3. The monoisotopic (exact) mass is 657 g/mol. The Labute approximate surface area is 261 Å². The van der Waals surface area contributed by atoms with Crippen LogP contribution in [0.3, 0.4) is 0 Å². The molecule has 11 N–H and O–H groups in total. The van der Waals surface area contributed by atoms with Gasteiger partial charge in [-0.05, 0) is 6.42 Å². The molecule has 0 bridgehead atoms. The molecule has 264 valence electrons. The Bertz CT molecular complexity index is 860. The number of carboxylic acid groups (broad SMARTS) is 1. The lowest BCUT2D eigenvalue weighted by molar-refractivity contribution is -0.355. The molecule has 2 rings (SSSR count). The number of hydrogen-bond donors (Lipinski definition) is 11. The van der Waals surface area contributed by atoms with Crippen LogP contribution < -0.4 is 5.32 Å². The van der Waals surface area contributed by atoms with Crippen LogP contribution in [0.25, 0.3) is 0 Å². The normalized spacial score (nSPS) is 32.2. The molecule has 2 heterocycles. The molecule has 0 aromatic carbocycles. The maximum atomic E-state index is 11.6. The minimum absolute atomic E-state index is 0.0625. The van der Waals surface area contributed by atoms with Crippen molar-refractivity contribution in [1.82, 2.24) is 5.32 Å². The number of nitrogens with one attached hydrogen (secondary N) is 1. The van der Waals surface area contributed by atoms with E-state index in [1.54, 1.807) is 0 Å². The summed E-state index contributed by atoms with van der Waals surface area (Å²) in [5, 5.41) is 96.3. The van der Waals surface area contributed by atoms with Crippen LogP contribution in [0, 0.1) is 0 Å². The summed E-state index contributed by atoms with van der Waals surface area (Å²) in [6.07, 6.45) is -7.82. The van der Waals surface area contributed by atoms with E-state index < -0.39 is 92.5 Å². The molecule has 11 atom stereocenters. The fourth-order valence-corrected chi connectivity index (χ4v) is 4.75. The number of carbonyl (C=O) groups is 3. The molecule has 0 spiro atoms. The van der Waals surface area contributed by atoms with Gasteiger partial charge < -0.3 is 70.6 Å². The summed E-state index contributed by atoms with van der Waals surface area (Å²) in [6, 6.07) is -1.14. The van der Waals surface area contributed by atoms with E-state index in [9.17, 15) is 50.1 Å². The Hall–Kier alpha value is -1.87. The van der Waals surface area contributed by atoms with Crippen molar-refractivity contribution in [2.45, 2.75) is 139 Å². The Balaban J connectivity index is 0.000000451. The van der Waals surface area contributed by atoms with E-state index in [0.29, 0.717) is 6.42 Å². The van der Waals surface area contributed by atoms with Gasteiger partial charge in [-0.15, -0.1) is 0 Å². The first-order valence-electron chi connectivity index (χ1n) is 15.2. The van der Waals surface area contributed by atoms with Gasteiger partial charge in [0.15, 0.2) is 12.6 Å². The van der Waals surface area contributed by atoms with Crippen LogP contribution in [-0.2, 0) is 28.6 Å². The summed E-state index contributed by atoms with van der Waals surface area (Å²) < 4.78 is 15.3. The van der Waals surface area contributed by atoms with Gasteiger partial charge in [-0.25, -0.2) is 4.79 Å². The van der Waals surface area contributed by atoms with E-state index in [1.165, 1.54) is 25.7 Å². The molecule has 2 fully saturated rings. The number of carbonyl (C=O) groups excluding carboxylic acids is 2. The second kappa shape index (κ2) is 21.8. The molecule has 1 unspecified atom stereocenters. The van der Waals surface area contributed by atoms with E-state index >= 15 is 0 Å². The highest BCUT2D eigenvalue weighted by Gasteiger charge is 2.50. The third-order valence-corrected chi connectivity index (χ3v) is 7.45. The van der Waals surface area contributed by atoms with Crippen LogP contribution in [0.2, 0.25) is 0 Å². The molecular formula is C28H51NO16. The Morgan fingerprint density at radius 3 is 1.91 bits per heavy atom. The number of carboxylic acids is 1. The number of aliphatic hydroxyl groups is 9. The van der Waals surface area contributed by atoms with Crippen molar-refractivity contribution in [3.63, 3.8) is 0 Å². The Kier molecular flexibility index (Phi) is 20.0. The van der Waals surface area contributed by atoms with Crippen molar-refractivity contribution in [3.05, 3.63) is 0 Å². The SMILES string of the molecule is CCCCCCCCCC(=O)CC(=O)NC(CCO)C(=O)O.OC[C@H]1O[C@@H](O[C@H]2[C@H](O)[C@@H](O)[C@H](O)O[C@@H]2CO)[C@H](O)[C@@H](O)[C@H]1O. The van der Waals surface area contributed by atoms with Gasteiger partial charge in [-0.1, -0.05) is 45.4 Å². The number of rotatable bonds is 18. The predicted octanol–water partition coefficient (Wildman–Crippen LogP) is -3.36. The van der Waals surface area contributed by atoms with E-state index in [-0.39, 0.29) is 25.2 Å². The van der Waals surface area contributed by atoms with E-state index in [1.807, 2.05) is 0 Å². The molecule has 17 nitrogen and oxygen atoms in total. The Morgan fingerprint density at radius 1 is 0.756 bits per heavy atom. The zero-order valence-electron chi connectivity index (χ0n) is 25.5. The van der Waals surface area contributed by atoms with E-state index in [0.717, 1.165) is 19.3 Å². The first kappa shape index (κ1) is 41.2. The number of aliphatic carboxylic acids is 1. The average Bonchev–Trinajstić information content (AvgIpc) is 3.00. The van der Waals surface area contributed by atoms with Crippen molar-refractivity contribution in [2.24, 2.45) is 0 Å². The van der Waals surface area contributed by atoms with Crippen LogP contribution in [0.4, 0.5) is 0 Å². The molecule has 2 saturated heterocycles. The molecule has 45 heavy (non-hydrogen) atoms. The quantitative estimate of drug-likeness (QED) is 0.0507. The number of aliphatic hydroxyl groups excluding tert-OH is 9. The van der Waals surface area contributed by atoms with Gasteiger partial charge in [0, 0.05) is 19.4 Å². The van der Waals surface area contributed by atoms with Crippen LogP contribution in [0.5, 0.6) is 0 Å². The second-order valence-corrected chi connectivity index (χ2v) is 11.1. The first-order chi connectivity index (χ1) is 21.3. The largest absolute Gasteiger partial charge is 0.480 e. The number of hydrogen-bond acceptors (Lipinski definition) is 15. The molecule has 1 amide bonds. The fourth-order valence-electron chi connectivity index (χ4n) is 4.75. The van der Waals surface area contributed by atoms with Crippen LogP contribution in [-0.4, -0.2) is 156 Å². The summed E-state index contributed by atoms with van der Waals surface area (Å²) in [4.78, 5) is 34.0. The van der Waals surface area contributed by atoms with Crippen molar-refractivity contribution in [3.8, 4) is 0 Å². The highest BCUT2D eigenvalue weighted by atomic mass is 16.7. The summed E-state index contributed by atoms with van der Waals surface area (Å²) in [5.74, 6) is -1.96. The predicted molar refractivity (Wildman–Crippen MR) is 152 cm³/mol. The highest BCUT2D eigenvalue weighted by molar-refractivity contribution is 5.99. The lowest BCUT2D eigenvalue weighted by Gasteiger charge is -2.45. The lowest BCUT2D eigenvalue weighted by Crippen LogP contribution is -2.64. The molecule has 2 aliphatic heterocycles. The molecular weight excluding hydrogens is 606 g/mol. The van der Waals surface area contributed by atoms with Crippen molar-refractivity contribution in [2.75, 3.05) is 19.8 Å². The van der Waals surface area contributed by atoms with Crippen molar-refractivity contribution >= 4 is 17.7 Å². The highest BCUT2D eigenvalue weighted by Crippen LogP contribution is 2.28. The van der Waals surface area contributed by atoms with Crippen LogP contribution in [0.15, 0.2) is 0 Å². The Morgan fingerprint density at radius 2 is 1.36 bits per heavy atom. The summed E-state index contributed by atoms with van der Waals surface area (Å²) in [6.45, 7) is 0.491. The molecule has 0 radical (unpaired) electrons. The third-order valence-electron chi connectivity index (χ3n) is 7.45. The van der Waals surface area contributed by atoms with E-state index in [2.05, 4.69) is 12.2 Å². The van der Waals surface area contributed by atoms with Crippen LogP contribution >= 0.6 is 0 Å². The smallest absolute Gasteiger partial charge is 0.326 e. The molecule has 0 saturated carbocycles. The van der Waals surface area contributed by atoms with E-state index in [4.69, 9.17) is 29.5 Å². The zero-order valence-corrected chi connectivity index (χ0v) is 25.5. The van der Waals surface area contributed by atoms with Crippen molar-refractivity contribution in [1.29, 1.82) is 0 Å². The summed E-state index contributed by atoms with van der Waals surface area (Å²) >= 11 is 0. The summed E-state index contributed by atoms with van der Waals surface area (Å²) in [7, 11) is 0. The molecule has 17 heteroatoms. The van der Waals surface area contributed by atoms with Gasteiger partial charge in [-0.3, -0.25) is 9.59 Å². The van der Waals surface area contributed by atoms with Gasteiger partial charge in [0.05, 0.1) is 19.6 Å². The maximum absolute atomic E-state index is 11.6. The number of Topliss-reactive ketones (excluding diaryl/α,β-unsaturated/α-hetero) is 1. The first-order valence-corrected chi connectivity index (χ1v) is 15.2. The van der Waals surface area contributed by atoms with Gasteiger partial charge in [0.25, 0.3) is 0 Å². The third kappa shape index (κ3) is 13.8. The minimum atomic E-state index is -1.74. The molecule has 0 aliphatic carbocycles. The van der Waals surface area contributed by atoms with Gasteiger partial charge in [0.2, 0.25) is 5.91 Å². The lowest BCUT2D eigenvalue weighted by atomic mass is 9.97. The molecule has 2 aliphatic rings. The van der Waals surface area contributed by atoms with Gasteiger partial charge >= 0.3 is 5.97 Å². The second-order valence-electron chi connectivity index (χ2n) is 11.1. The number of amides is 1. The van der Waals surface area contributed by atoms with Crippen LogP contribution in [0.1, 0.15) is 71.1 Å². The summed E-state index contributed by atoms with van der Waals surface area (Å²) in [5.41, 5.74) is 0. The van der Waals surface area contributed by atoms with Gasteiger partial charge in [-0.2, -0.15) is 0 Å². The molecule has 0 aromatic rings. The zero-order chi connectivity index (χ0) is 34.1.